The summed E-state index contributed by atoms with van der Waals surface area (Å²) in [5, 5.41) is 20.9. The van der Waals surface area contributed by atoms with Crippen LogP contribution in [0.3, 0.4) is 0 Å². The van der Waals surface area contributed by atoms with Crippen LogP contribution in [-0.4, -0.2) is 120 Å². The van der Waals surface area contributed by atoms with Crippen LogP contribution in [-0.2, 0) is 14.4 Å². The fourth-order valence-corrected chi connectivity index (χ4v) is 9.81. The number of piperidine rings is 3. The third-order valence-corrected chi connectivity index (χ3v) is 13.3. The number of aliphatic hydroxyl groups excluding tert-OH is 1. The fraction of sp³-hybridized carbons (Fsp3) is 0.556. The van der Waals surface area contributed by atoms with Crippen LogP contribution >= 0.6 is 0 Å². The maximum Gasteiger partial charge on any atom is 0.265 e. The highest BCUT2D eigenvalue weighted by molar-refractivity contribution is 6.04. The summed E-state index contributed by atoms with van der Waals surface area (Å²) >= 11 is 0. The molecule has 0 spiro atoms. The minimum absolute atomic E-state index is 0.0229. The first-order valence-electron chi connectivity index (χ1n) is 22.2. The number of rotatable bonds is 14. The third kappa shape index (κ3) is 9.76. The van der Waals surface area contributed by atoms with Gasteiger partial charge in [0.15, 0.2) is 5.82 Å². The number of aromatic nitrogens is 2. The van der Waals surface area contributed by atoms with Gasteiger partial charge in [0.05, 0.1) is 24.4 Å². The second-order valence-electron chi connectivity index (χ2n) is 17.2. The molecule has 326 valence electrons. The van der Waals surface area contributed by atoms with E-state index < -0.39 is 0 Å². The van der Waals surface area contributed by atoms with E-state index in [0.717, 1.165) is 94.7 Å². The molecule has 1 aromatic heterocycles. The highest BCUT2D eigenvalue weighted by Crippen LogP contribution is 2.40. The van der Waals surface area contributed by atoms with E-state index >= 15 is 0 Å². The average Bonchev–Trinajstić information content (AvgIpc) is 3.81. The summed E-state index contributed by atoms with van der Waals surface area (Å²) in [6.07, 6.45) is 12.3. The minimum Gasteiger partial charge on any atom is -0.489 e. The molecule has 4 aliphatic heterocycles. The van der Waals surface area contributed by atoms with Crippen molar-refractivity contribution in [1.82, 2.24) is 30.6 Å². The Balaban J connectivity index is 0.795. The van der Waals surface area contributed by atoms with Gasteiger partial charge >= 0.3 is 0 Å². The number of likely N-dealkylation sites (tertiary alicyclic amines) is 1. The standard InChI is InChI=1S/C45H60N10O6/c1-29-44(60)52(2)38-28-47-45(50-41(38)55(29)35-5-3-4-6-35)48-37-13-9-32(27-39(37)61-26-25-56)42(58)51-54-23-18-34(19-24-54)53-21-16-30(17-22-53)15-20-46-33-10-7-31(8-11-33)36-12-14-40(57)49-43(36)59/h7-11,13,27-30,34-36,46,56H,3-6,12,14-26H2,1-2H3,(H,51,58)(H,47,48,50)(H,49,57,59)/t29-,36?/m1/s1. The molecule has 2 aromatic carbocycles. The third-order valence-electron chi connectivity index (χ3n) is 13.3. The van der Waals surface area contributed by atoms with Gasteiger partial charge in [-0.15, -0.1) is 0 Å². The molecular weight excluding hydrogens is 777 g/mol. The van der Waals surface area contributed by atoms with Gasteiger partial charge in [0, 0.05) is 56.4 Å². The van der Waals surface area contributed by atoms with E-state index in [1.807, 2.05) is 36.2 Å². The zero-order valence-electron chi connectivity index (χ0n) is 35.4. The lowest BCUT2D eigenvalue weighted by Gasteiger charge is -2.42. The number of likely N-dealkylation sites (N-methyl/N-ethyl adjacent to an activating group) is 1. The van der Waals surface area contributed by atoms with Crippen molar-refractivity contribution in [2.24, 2.45) is 5.92 Å². The fourth-order valence-electron chi connectivity index (χ4n) is 9.81. The molecular formula is C45H60N10O6. The Morgan fingerprint density at radius 1 is 0.934 bits per heavy atom. The Morgan fingerprint density at radius 3 is 2.41 bits per heavy atom. The summed E-state index contributed by atoms with van der Waals surface area (Å²) in [6, 6.07) is 13.6. The van der Waals surface area contributed by atoms with Crippen LogP contribution in [0, 0.1) is 5.92 Å². The topological polar surface area (TPSA) is 185 Å². The molecule has 0 bridgehead atoms. The number of nitrogens with zero attached hydrogens (tertiary/aromatic N) is 6. The second kappa shape index (κ2) is 19.2. The summed E-state index contributed by atoms with van der Waals surface area (Å²) < 4.78 is 5.91. The van der Waals surface area contributed by atoms with Crippen molar-refractivity contribution in [3.05, 3.63) is 59.8 Å². The number of aliphatic hydroxyl groups is 1. The lowest BCUT2D eigenvalue weighted by molar-refractivity contribution is -0.134. The SMILES string of the molecule is C[C@@H]1C(=O)N(C)c2cnc(Nc3ccc(C(=O)NN4CCC(N5CCC(CCNc6ccc(C7CCC(=O)NC7=O)cc6)CC5)CC4)cc3OCCO)nc2N1C1CCCC1. The number of hydrogen-bond acceptors (Lipinski definition) is 13. The number of nitrogens with one attached hydrogen (secondary N) is 4. The smallest absolute Gasteiger partial charge is 0.265 e. The Hall–Kier alpha value is -5.32. The number of hydrogen-bond donors (Lipinski definition) is 5. The number of fused-ring (bicyclic) bond motifs is 1. The van der Waals surface area contributed by atoms with Gasteiger partial charge < -0.3 is 35.2 Å². The molecule has 61 heavy (non-hydrogen) atoms. The molecule has 5 heterocycles. The molecule has 5 aliphatic rings. The van der Waals surface area contributed by atoms with Crippen molar-refractivity contribution in [1.29, 1.82) is 0 Å². The van der Waals surface area contributed by atoms with E-state index in [9.17, 15) is 24.3 Å². The normalized spacial score (nSPS) is 22.2. The Labute approximate surface area is 357 Å². The van der Waals surface area contributed by atoms with Gasteiger partial charge in [0.2, 0.25) is 23.7 Å². The largest absolute Gasteiger partial charge is 0.489 e. The molecule has 8 rings (SSSR count). The van der Waals surface area contributed by atoms with E-state index in [-0.39, 0.29) is 54.8 Å². The number of imide groups is 1. The van der Waals surface area contributed by atoms with E-state index in [2.05, 4.69) is 36.2 Å². The lowest BCUT2D eigenvalue weighted by atomic mass is 9.90. The van der Waals surface area contributed by atoms with E-state index in [1.54, 1.807) is 36.3 Å². The first kappa shape index (κ1) is 42.4. The molecule has 3 saturated heterocycles. The molecule has 16 nitrogen and oxygen atoms in total. The molecule has 0 radical (unpaired) electrons. The van der Waals surface area contributed by atoms with E-state index in [0.29, 0.717) is 53.4 Å². The van der Waals surface area contributed by atoms with Crippen molar-refractivity contribution < 1.29 is 29.0 Å². The zero-order valence-corrected chi connectivity index (χ0v) is 35.4. The highest BCUT2D eigenvalue weighted by atomic mass is 16.5. The summed E-state index contributed by atoms with van der Waals surface area (Å²) in [5.74, 6) is 1.28. The van der Waals surface area contributed by atoms with Crippen LogP contribution < -0.4 is 35.9 Å². The first-order chi connectivity index (χ1) is 29.6. The minimum atomic E-state index is -0.332. The predicted molar refractivity (Wildman–Crippen MR) is 233 cm³/mol. The van der Waals surface area contributed by atoms with Gasteiger partial charge in [-0.25, -0.2) is 9.99 Å². The molecule has 5 N–H and O–H groups in total. The van der Waals surface area contributed by atoms with Crippen LogP contribution in [0.1, 0.15) is 99.4 Å². The van der Waals surface area contributed by atoms with Gasteiger partial charge in [0.25, 0.3) is 5.91 Å². The lowest BCUT2D eigenvalue weighted by Crippen LogP contribution is -2.54. The maximum atomic E-state index is 13.5. The molecule has 3 aromatic rings. The van der Waals surface area contributed by atoms with Crippen LogP contribution in [0.4, 0.5) is 28.8 Å². The van der Waals surface area contributed by atoms with Gasteiger partial charge in [-0.1, -0.05) is 25.0 Å². The molecule has 1 unspecified atom stereocenters. The molecule has 1 saturated carbocycles. The van der Waals surface area contributed by atoms with Crippen LogP contribution in [0.25, 0.3) is 0 Å². The Morgan fingerprint density at radius 2 is 1.69 bits per heavy atom. The molecule has 4 amide bonds. The number of benzene rings is 2. The van der Waals surface area contributed by atoms with Crippen molar-refractivity contribution in [3.8, 4) is 5.75 Å². The quantitative estimate of drug-likeness (QED) is 0.143. The van der Waals surface area contributed by atoms with E-state index in [1.165, 1.54) is 12.8 Å². The number of carbonyl (C=O) groups excluding carboxylic acids is 4. The Kier molecular flexibility index (Phi) is 13.3. The number of carbonyl (C=O) groups is 4. The van der Waals surface area contributed by atoms with Crippen LogP contribution in [0.5, 0.6) is 5.75 Å². The number of anilines is 5. The van der Waals surface area contributed by atoms with Crippen molar-refractivity contribution >= 4 is 52.5 Å². The average molecular weight is 837 g/mol. The highest BCUT2D eigenvalue weighted by Gasteiger charge is 2.40. The van der Waals surface area contributed by atoms with Crippen LogP contribution in [0.15, 0.2) is 48.7 Å². The van der Waals surface area contributed by atoms with Gasteiger partial charge in [0.1, 0.15) is 24.1 Å². The van der Waals surface area contributed by atoms with Crippen molar-refractivity contribution in [3.63, 3.8) is 0 Å². The number of hydrazine groups is 1. The van der Waals surface area contributed by atoms with Gasteiger partial charge in [-0.2, -0.15) is 4.98 Å². The number of amides is 4. The molecule has 4 fully saturated rings. The van der Waals surface area contributed by atoms with Gasteiger partial charge in [-0.3, -0.25) is 29.9 Å². The summed E-state index contributed by atoms with van der Waals surface area (Å²) in [7, 11) is 1.76. The summed E-state index contributed by atoms with van der Waals surface area (Å²) in [6.45, 7) is 6.41. The Bertz CT molecular complexity index is 2050. The van der Waals surface area contributed by atoms with Gasteiger partial charge in [-0.05, 0) is 113 Å². The predicted octanol–water partition coefficient (Wildman–Crippen LogP) is 4.55. The maximum absolute atomic E-state index is 13.5. The van der Waals surface area contributed by atoms with Crippen LogP contribution in [0.2, 0.25) is 0 Å². The summed E-state index contributed by atoms with van der Waals surface area (Å²) in [4.78, 5) is 66.2. The molecule has 1 aliphatic carbocycles. The summed E-state index contributed by atoms with van der Waals surface area (Å²) in [5.41, 5.74) is 6.77. The number of ether oxygens (including phenoxy) is 1. The molecule has 2 atom stereocenters. The van der Waals surface area contributed by atoms with Crippen molar-refractivity contribution in [2.75, 3.05) is 73.4 Å². The monoisotopic (exact) mass is 836 g/mol. The van der Waals surface area contributed by atoms with Crippen molar-refractivity contribution in [2.45, 2.75) is 102 Å². The van der Waals surface area contributed by atoms with E-state index in [4.69, 9.17) is 9.72 Å². The molecule has 16 heteroatoms. The zero-order chi connectivity index (χ0) is 42.5. The first-order valence-corrected chi connectivity index (χ1v) is 22.2. The second-order valence-corrected chi connectivity index (χ2v) is 17.2.